The van der Waals surface area contributed by atoms with Crippen molar-refractivity contribution in [3.05, 3.63) is 69.0 Å². The monoisotopic (exact) mass is 383 g/mol. The summed E-state index contributed by atoms with van der Waals surface area (Å²) in [7, 11) is 1.90. The molecule has 2 aromatic carbocycles. The molecule has 3 nitrogen and oxygen atoms in total. The summed E-state index contributed by atoms with van der Waals surface area (Å²) >= 11 is 3.18. The molecule has 0 unspecified atom stereocenters. The normalized spacial score (nSPS) is 16.3. The average molecular weight is 384 g/mol. The van der Waals surface area contributed by atoms with Crippen LogP contribution in [0.3, 0.4) is 0 Å². The second-order valence-electron chi connectivity index (χ2n) is 5.90. The van der Waals surface area contributed by atoms with Gasteiger partial charge in [-0.25, -0.2) is 9.38 Å². The van der Waals surface area contributed by atoms with Gasteiger partial charge in [-0.3, -0.25) is 0 Å². The van der Waals surface area contributed by atoms with Crippen molar-refractivity contribution in [1.29, 1.82) is 0 Å². The van der Waals surface area contributed by atoms with Gasteiger partial charge < -0.3 is 9.47 Å². The molecule has 26 heavy (non-hydrogen) atoms. The summed E-state index contributed by atoms with van der Waals surface area (Å²) in [5.41, 5.74) is 1.54. The Kier molecular flexibility index (Phi) is 4.46. The Balaban J connectivity index is 1.95. The lowest BCUT2D eigenvalue weighted by molar-refractivity contribution is 0.625. The van der Waals surface area contributed by atoms with Crippen molar-refractivity contribution < 1.29 is 4.39 Å². The standard InChI is InChI=1S/C20H18FN3S2/c1-4-24-13(2)18(26-20(24)22-14-9-6-5-7-10-14)19-23(3)17-15(21)11-8-12-16(17)25-19/h5-12H,2,4H2,1,3H3/b19-18+,22-20?. The molecule has 0 spiro atoms. The number of nitrogens with zero attached hydrogens (tertiary/aromatic N) is 3. The molecule has 3 aromatic rings. The fourth-order valence-electron chi connectivity index (χ4n) is 3.01. The zero-order valence-corrected chi connectivity index (χ0v) is 16.2. The van der Waals surface area contributed by atoms with E-state index in [-0.39, 0.29) is 5.82 Å². The molecule has 132 valence electrons. The molecule has 0 aliphatic carbocycles. The predicted molar refractivity (Wildman–Crippen MR) is 108 cm³/mol. The first-order valence-electron chi connectivity index (χ1n) is 8.33. The lowest BCUT2D eigenvalue weighted by Crippen LogP contribution is -2.33. The smallest absolute Gasteiger partial charge is 0.191 e. The van der Waals surface area contributed by atoms with Crippen LogP contribution < -0.4 is 19.6 Å². The number of halogens is 1. The van der Waals surface area contributed by atoms with Gasteiger partial charge in [-0.1, -0.05) is 53.9 Å². The number of para-hydroxylation sites is 2. The molecule has 1 aliphatic heterocycles. The first kappa shape index (κ1) is 17.1. The van der Waals surface area contributed by atoms with Gasteiger partial charge in [0.15, 0.2) is 4.80 Å². The van der Waals surface area contributed by atoms with Gasteiger partial charge in [0.2, 0.25) is 0 Å². The first-order chi connectivity index (χ1) is 12.6. The predicted octanol–water partition coefficient (Wildman–Crippen LogP) is 3.66. The molecule has 0 amide bonds. The highest BCUT2D eigenvalue weighted by Gasteiger charge is 2.26. The third kappa shape index (κ3) is 2.79. The highest BCUT2D eigenvalue weighted by atomic mass is 32.2. The quantitative estimate of drug-likeness (QED) is 0.673. The van der Waals surface area contributed by atoms with Crippen LogP contribution in [-0.4, -0.2) is 11.6 Å². The molecule has 6 heteroatoms. The summed E-state index contributed by atoms with van der Waals surface area (Å²) < 4.78 is 17.4. The number of aromatic nitrogens is 1. The summed E-state index contributed by atoms with van der Waals surface area (Å²) in [6.45, 7) is 7.14. The summed E-state index contributed by atoms with van der Waals surface area (Å²) in [6.07, 6.45) is 0. The van der Waals surface area contributed by atoms with E-state index in [9.17, 15) is 4.39 Å². The van der Waals surface area contributed by atoms with Gasteiger partial charge in [0.25, 0.3) is 0 Å². The molecular weight excluding hydrogens is 365 g/mol. The van der Waals surface area contributed by atoms with Crippen LogP contribution in [0.2, 0.25) is 0 Å². The van der Waals surface area contributed by atoms with Crippen molar-refractivity contribution in [3.63, 3.8) is 0 Å². The molecule has 0 atom stereocenters. The number of hydrogen-bond donors (Lipinski definition) is 0. The molecule has 0 N–H and O–H groups in total. The Labute approximate surface area is 159 Å². The molecule has 0 radical (unpaired) electrons. The van der Waals surface area contributed by atoms with Gasteiger partial charge in [0.1, 0.15) is 5.82 Å². The maximum Gasteiger partial charge on any atom is 0.191 e. The fourth-order valence-corrected chi connectivity index (χ4v) is 5.52. The Morgan fingerprint density at radius 2 is 1.88 bits per heavy atom. The van der Waals surface area contributed by atoms with E-state index < -0.39 is 0 Å². The number of thiazole rings is 1. The van der Waals surface area contributed by atoms with E-state index in [0.717, 1.165) is 36.8 Å². The Morgan fingerprint density at radius 1 is 1.12 bits per heavy atom. The van der Waals surface area contributed by atoms with Crippen LogP contribution in [0.15, 0.2) is 58.4 Å². The van der Waals surface area contributed by atoms with E-state index in [1.807, 2.05) is 48.3 Å². The van der Waals surface area contributed by atoms with Crippen LogP contribution in [0.4, 0.5) is 15.8 Å². The number of anilines is 1. The Morgan fingerprint density at radius 3 is 2.58 bits per heavy atom. The van der Waals surface area contributed by atoms with Crippen LogP contribution in [0, 0.1) is 5.82 Å². The largest absolute Gasteiger partial charge is 0.335 e. The topological polar surface area (TPSA) is 20.5 Å². The van der Waals surface area contributed by atoms with Crippen LogP contribution in [-0.2, 0) is 6.54 Å². The SMILES string of the molecule is C=c1/c(=C2\Sc3cccc(F)c3N2C)sc(=Nc2ccccc2)n1CC. The minimum Gasteiger partial charge on any atom is -0.335 e. The Bertz CT molecular complexity index is 1150. The van der Waals surface area contributed by atoms with Crippen molar-refractivity contribution in [2.24, 2.45) is 4.99 Å². The molecular formula is C20H18FN3S2. The maximum absolute atomic E-state index is 14.3. The second-order valence-corrected chi connectivity index (χ2v) is 7.91. The number of fused-ring (bicyclic) bond motifs is 1. The van der Waals surface area contributed by atoms with Gasteiger partial charge in [0, 0.05) is 18.5 Å². The summed E-state index contributed by atoms with van der Waals surface area (Å²) in [4.78, 5) is 8.53. The van der Waals surface area contributed by atoms with E-state index in [4.69, 9.17) is 4.99 Å². The maximum atomic E-state index is 14.3. The zero-order chi connectivity index (χ0) is 18.3. The van der Waals surface area contributed by atoms with Gasteiger partial charge in [-0.05, 0) is 31.2 Å². The minimum atomic E-state index is -0.202. The minimum absolute atomic E-state index is 0.202. The third-order valence-corrected chi connectivity index (χ3v) is 6.78. The van der Waals surface area contributed by atoms with Crippen molar-refractivity contribution in [2.75, 3.05) is 11.9 Å². The summed E-state index contributed by atoms with van der Waals surface area (Å²) in [6, 6.07) is 15.1. The van der Waals surface area contributed by atoms with E-state index in [1.165, 1.54) is 6.07 Å². The van der Waals surface area contributed by atoms with Crippen LogP contribution >= 0.6 is 23.1 Å². The number of hydrogen-bond acceptors (Lipinski definition) is 4. The number of rotatable bonds is 2. The average Bonchev–Trinajstić information content (AvgIpc) is 3.13. The lowest BCUT2D eigenvalue weighted by atomic mass is 10.3. The molecule has 1 aromatic heterocycles. The van der Waals surface area contributed by atoms with Gasteiger partial charge >= 0.3 is 0 Å². The molecule has 0 saturated carbocycles. The van der Waals surface area contributed by atoms with E-state index >= 15 is 0 Å². The van der Waals surface area contributed by atoms with Crippen molar-refractivity contribution in [3.8, 4) is 0 Å². The van der Waals surface area contributed by atoms with Crippen molar-refractivity contribution >= 4 is 46.1 Å². The molecule has 2 heterocycles. The van der Waals surface area contributed by atoms with E-state index in [1.54, 1.807) is 29.2 Å². The fraction of sp³-hybridized carbons (Fsp3) is 0.150. The van der Waals surface area contributed by atoms with Crippen molar-refractivity contribution in [2.45, 2.75) is 18.4 Å². The van der Waals surface area contributed by atoms with Gasteiger partial charge in [-0.15, -0.1) is 0 Å². The van der Waals surface area contributed by atoms with Crippen molar-refractivity contribution in [1.82, 2.24) is 4.57 Å². The highest BCUT2D eigenvalue weighted by molar-refractivity contribution is 8.08. The summed E-state index contributed by atoms with van der Waals surface area (Å²) in [5, 5.41) is 1.91. The van der Waals surface area contributed by atoms with Crippen LogP contribution in [0.25, 0.3) is 11.6 Å². The van der Waals surface area contributed by atoms with Gasteiger partial charge in [0.05, 0.1) is 26.3 Å². The van der Waals surface area contributed by atoms with Crippen LogP contribution in [0.5, 0.6) is 0 Å². The molecule has 1 aliphatic rings. The van der Waals surface area contributed by atoms with Gasteiger partial charge in [-0.2, -0.15) is 0 Å². The Hall–Kier alpha value is -2.31. The first-order valence-corrected chi connectivity index (χ1v) is 9.96. The molecule has 0 bridgehead atoms. The highest BCUT2D eigenvalue weighted by Crippen LogP contribution is 2.46. The van der Waals surface area contributed by atoms with Crippen LogP contribution in [0.1, 0.15) is 6.92 Å². The number of benzene rings is 2. The van der Waals surface area contributed by atoms with E-state index in [0.29, 0.717) is 5.69 Å². The number of thioether (sulfide) groups is 1. The van der Waals surface area contributed by atoms with E-state index in [2.05, 4.69) is 18.1 Å². The lowest BCUT2D eigenvalue weighted by Gasteiger charge is -2.13. The summed E-state index contributed by atoms with van der Waals surface area (Å²) in [5.74, 6) is -0.202. The molecule has 0 fully saturated rings. The molecule has 0 saturated heterocycles. The second kappa shape index (κ2) is 6.78. The third-order valence-electron chi connectivity index (χ3n) is 4.30. The zero-order valence-electron chi connectivity index (χ0n) is 14.6. The molecule has 4 rings (SSSR count).